The molecule has 1 N–H and O–H groups in total. The van der Waals surface area contributed by atoms with Gasteiger partial charge in [0.2, 0.25) is 0 Å². The van der Waals surface area contributed by atoms with E-state index >= 15 is 0 Å². The predicted octanol–water partition coefficient (Wildman–Crippen LogP) is 10.2. The minimum absolute atomic E-state index is 0.732. The zero-order valence-corrected chi connectivity index (χ0v) is 24.6. The number of unbranched alkanes of at least 4 members (excludes halogenated alkanes) is 14. The predicted molar refractivity (Wildman–Crippen MR) is 163 cm³/mol. The summed E-state index contributed by atoms with van der Waals surface area (Å²) in [7, 11) is 0. The van der Waals surface area contributed by atoms with Gasteiger partial charge >= 0.3 is 0 Å². The standard InChI is InChI=1S/C34H51N3O2/c1-3-5-7-9-11-13-15-19-23-38-30-25-29(33-28-34(37-36-33)32-21-17-18-22-35-32)26-31(27-30)39-24-20-16-14-12-10-8-6-4-2/h17-18,21-22,25-28H,3-16,19-20,23-24H2,1-2H3,(H,36,37). The van der Waals surface area contributed by atoms with Crippen molar-refractivity contribution in [1.82, 2.24) is 15.2 Å². The zero-order chi connectivity index (χ0) is 27.4. The molecule has 214 valence electrons. The molecule has 0 unspecified atom stereocenters. The number of pyridine rings is 1. The molecule has 2 aromatic heterocycles. The SMILES string of the molecule is CCCCCCCCCCOc1cc(OCCCCCCCCCC)cc(-c2cc(-c3ccccn3)[nH]n2)c1. The van der Waals surface area contributed by atoms with Gasteiger partial charge in [-0.1, -0.05) is 110 Å². The molecule has 0 aliphatic heterocycles. The van der Waals surface area contributed by atoms with E-state index < -0.39 is 0 Å². The van der Waals surface area contributed by atoms with Crippen molar-refractivity contribution < 1.29 is 9.47 Å². The van der Waals surface area contributed by atoms with Crippen molar-refractivity contribution in [3.05, 3.63) is 48.7 Å². The number of hydrogen-bond donors (Lipinski definition) is 1. The summed E-state index contributed by atoms with van der Waals surface area (Å²) in [6.07, 6.45) is 22.5. The van der Waals surface area contributed by atoms with E-state index in [4.69, 9.17) is 9.47 Å². The molecule has 39 heavy (non-hydrogen) atoms. The van der Waals surface area contributed by atoms with Gasteiger partial charge in [-0.15, -0.1) is 0 Å². The molecule has 0 aliphatic rings. The Morgan fingerprint density at radius 2 is 1.13 bits per heavy atom. The van der Waals surface area contributed by atoms with Crippen LogP contribution < -0.4 is 9.47 Å². The van der Waals surface area contributed by atoms with E-state index in [9.17, 15) is 0 Å². The summed E-state index contributed by atoms with van der Waals surface area (Å²) in [6, 6.07) is 14.1. The monoisotopic (exact) mass is 533 g/mol. The number of hydrogen-bond acceptors (Lipinski definition) is 4. The molecule has 0 saturated carbocycles. The van der Waals surface area contributed by atoms with Crippen LogP contribution in [0.2, 0.25) is 0 Å². The molecule has 2 heterocycles. The fraction of sp³-hybridized carbons (Fsp3) is 0.588. The molecular formula is C34H51N3O2. The normalized spacial score (nSPS) is 11.1. The molecule has 0 saturated heterocycles. The van der Waals surface area contributed by atoms with Crippen LogP contribution in [0.25, 0.3) is 22.6 Å². The Morgan fingerprint density at radius 1 is 0.590 bits per heavy atom. The number of nitrogens with zero attached hydrogens (tertiary/aromatic N) is 2. The Morgan fingerprint density at radius 3 is 1.64 bits per heavy atom. The number of aromatic amines is 1. The van der Waals surface area contributed by atoms with Crippen molar-refractivity contribution in [3.63, 3.8) is 0 Å². The van der Waals surface area contributed by atoms with Gasteiger partial charge in [0.1, 0.15) is 11.5 Å². The van der Waals surface area contributed by atoms with Crippen LogP contribution in [0.5, 0.6) is 11.5 Å². The van der Waals surface area contributed by atoms with Crippen LogP contribution in [0.4, 0.5) is 0 Å². The molecule has 0 aliphatic carbocycles. The van der Waals surface area contributed by atoms with E-state index in [0.29, 0.717) is 0 Å². The van der Waals surface area contributed by atoms with Gasteiger partial charge in [0.05, 0.1) is 30.3 Å². The summed E-state index contributed by atoms with van der Waals surface area (Å²) >= 11 is 0. The smallest absolute Gasteiger partial charge is 0.123 e. The Kier molecular flexibility index (Phi) is 15.2. The van der Waals surface area contributed by atoms with Crippen LogP contribution in [0, 0.1) is 0 Å². The molecule has 0 atom stereocenters. The van der Waals surface area contributed by atoms with Crippen molar-refractivity contribution in [2.75, 3.05) is 13.2 Å². The van der Waals surface area contributed by atoms with Crippen LogP contribution in [-0.4, -0.2) is 28.4 Å². The number of ether oxygens (including phenoxy) is 2. The largest absolute Gasteiger partial charge is 0.493 e. The summed E-state index contributed by atoms with van der Waals surface area (Å²) in [6.45, 7) is 6.00. The molecule has 0 radical (unpaired) electrons. The lowest BCUT2D eigenvalue weighted by Gasteiger charge is -2.12. The topological polar surface area (TPSA) is 60.0 Å². The van der Waals surface area contributed by atoms with E-state index in [1.54, 1.807) is 6.20 Å². The van der Waals surface area contributed by atoms with E-state index in [-0.39, 0.29) is 0 Å². The molecule has 5 nitrogen and oxygen atoms in total. The first-order valence-electron chi connectivity index (χ1n) is 15.7. The highest BCUT2D eigenvalue weighted by molar-refractivity contribution is 5.68. The van der Waals surface area contributed by atoms with Gasteiger partial charge in [-0.3, -0.25) is 10.1 Å². The van der Waals surface area contributed by atoms with Gasteiger partial charge < -0.3 is 9.47 Å². The number of benzene rings is 1. The molecule has 1 aromatic carbocycles. The molecule has 0 amide bonds. The van der Waals surface area contributed by atoms with Gasteiger partial charge in [-0.2, -0.15) is 5.10 Å². The van der Waals surface area contributed by atoms with Crippen LogP contribution >= 0.6 is 0 Å². The molecule has 3 aromatic rings. The van der Waals surface area contributed by atoms with E-state index in [0.717, 1.165) is 60.2 Å². The fourth-order valence-corrected chi connectivity index (χ4v) is 4.86. The van der Waals surface area contributed by atoms with Crippen LogP contribution in [0.3, 0.4) is 0 Å². The summed E-state index contributed by atoms with van der Waals surface area (Å²) < 4.78 is 12.4. The number of aromatic nitrogens is 3. The third-order valence-electron chi connectivity index (χ3n) is 7.23. The molecule has 5 heteroatoms. The number of H-pyrrole nitrogens is 1. The van der Waals surface area contributed by atoms with Gasteiger partial charge in [-0.25, -0.2) is 0 Å². The Bertz CT molecular complexity index is 978. The second-order valence-electron chi connectivity index (χ2n) is 10.7. The first kappa shape index (κ1) is 30.7. The minimum atomic E-state index is 0.732. The van der Waals surface area contributed by atoms with Crippen LogP contribution in [-0.2, 0) is 0 Å². The zero-order valence-electron chi connectivity index (χ0n) is 24.6. The molecule has 0 bridgehead atoms. The van der Waals surface area contributed by atoms with Gasteiger partial charge in [0.15, 0.2) is 0 Å². The third-order valence-corrected chi connectivity index (χ3v) is 7.23. The lowest BCUT2D eigenvalue weighted by Crippen LogP contribution is -2.01. The van der Waals surface area contributed by atoms with E-state index in [2.05, 4.69) is 41.2 Å². The maximum atomic E-state index is 6.21. The second-order valence-corrected chi connectivity index (χ2v) is 10.7. The Hall–Kier alpha value is -2.82. The maximum absolute atomic E-state index is 6.21. The maximum Gasteiger partial charge on any atom is 0.123 e. The Labute approximate surface area is 237 Å². The molecule has 0 spiro atoms. The third kappa shape index (κ3) is 12.3. The summed E-state index contributed by atoms with van der Waals surface area (Å²) in [4.78, 5) is 4.44. The van der Waals surface area contributed by atoms with Crippen LogP contribution in [0.15, 0.2) is 48.7 Å². The first-order valence-corrected chi connectivity index (χ1v) is 15.7. The minimum Gasteiger partial charge on any atom is -0.493 e. The van der Waals surface area contributed by atoms with Gasteiger partial charge in [-0.05, 0) is 43.2 Å². The highest BCUT2D eigenvalue weighted by Crippen LogP contribution is 2.31. The summed E-state index contributed by atoms with van der Waals surface area (Å²) in [5, 5.41) is 7.71. The molecular weight excluding hydrogens is 482 g/mol. The average molecular weight is 534 g/mol. The van der Waals surface area contributed by atoms with E-state index in [1.165, 1.54) is 89.9 Å². The van der Waals surface area contributed by atoms with Gasteiger partial charge in [0, 0.05) is 17.8 Å². The summed E-state index contributed by atoms with van der Waals surface area (Å²) in [5.74, 6) is 1.70. The quantitative estimate of drug-likeness (QED) is 0.131. The van der Waals surface area contributed by atoms with Crippen LogP contribution in [0.1, 0.15) is 117 Å². The fourth-order valence-electron chi connectivity index (χ4n) is 4.86. The van der Waals surface area contributed by atoms with Crippen molar-refractivity contribution in [3.8, 4) is 34.1 Å². The van der Waals surface area contributed by atoms with Crippen molar-refractivity contribution in [1.29, 1.82) is 0 Å². The number of nitrogens with one attached hydrogen (secondary N) is 1. The highest BCUT2D eigenvalue weighted by Gasteiger charge is 2.11. The van der Waals surface area contributed by atoms with Crippen molar-refractivity contribution in [2.45, 2.75) is 117 Å². The lowest BCUT2D eigenvalue weighted by molar-refractivity contribution is 0.290. The lowest BCUT2D eigenvalue weighted by atomic mass is 10.1. The Balaban J connectivity index is 1.53. The second kappa shape index (κ2) is 19.3. The molecule has 3 rings (SSSR count). The first-order chi connectivity index (χ1) is 19.3. The van der Waals surface area contributed by atoms with E-state index in [1.807, 2.05) is 30.3 Å². The average Bonchev–Trinajstić information content (AvgIpc) is 3.47. The highest BCUT2D eigenvalue weighted by atomic mass is 16.5. The van der Waals surface area contributed by atoms with Crippen molar-refractivity contribution >= 4 is 0 Å². The summed E-state index contributed by atoms with van der Waals surface area (Å²) in [5.41, 5.74) is 3.64. The van der Waals surface area contributed by atoms with Crippen molar-refractivity contribution in [2.24, 2.45) is 0 Å². The van der Waals surface area contributed by atoms with Gasteiger partial charge in [0.25, 0.3) is 0 Å². The number of rotatable bonds is 22. The molecule has 0 fully saturated rings.